The van der Waals surface area contributed by atoms with Crippen LogP contribution in [0.5, 0.6) is 5.75 Å². The number of methoxy groups -OCH3 is 1. The molecule has 0 fully saturated rings. The van der Waals surface area contributed by atoms with E-state index in [1.54, 1.807) is 42.5 Å². The molecule has 8 heteroatoms. The lowest BCUT2D eigenvalue weighted by Crippen LogP contribution is -2.31. The zero-order chi connectivity index (χ0) is 19.6. The summed E-state index contributed by atoms with van der Waals surface area (Å²) >= 11 is 12.0. The maximum atomic E-state index is 12.3. The van der Waals surface area contributed by atoms with Crippen LogP contribution in [0.1, 0.15) is 15.9 Å². The average molecular weight is 412 g/mol. The highest BCUT2D eigenvalue weighted by Crippen LogP contribution is 2.24. The van der Waals surface area contributed by atoms with Crippen LogP contribution < -0.4 is 10.1 Å². The first-order valence-corrected chi connectivity index (χ1v) is 8.85. The number of hydrogen-bond acceptors (Lipinski definition) is 5. The number of benzene rings is 2. The molecule has 2 rings (SSSR count). The van der Waals surface area contributed by atoms with Crippen LogP contribution in [-0.2, 0) is 20.9 Å². The van der Waals surface area contributed by atoms with Crippen molar-refractivity contribution in [3.63, 3.8) is 0 Å². The quantitative estimate of drug-likeness (QED) is 0.504. The molecule has 0 radical (unpaired) electrons. The second kappa shape index (κ2) is 10.8. The number of nitrogens with one attached hydrogen (secondary N) is 1. The molecule has 2 aromatic rings. The van der Waals surface area contributed by atoms with Crippen molar-refractivity contribution >= 4 is 35.1 Å². The Bertz CT molecular complexity index is 797. The van der Waals surface area contributed by atoms with Crippen LogP contribution >= 0.6 is 23.2 Å². The highest BCUT2D eigenvalue weighted by molar-refractivity contribution is 6.35. The maximum absolute atomic E-state index is 12.3. The molecule has 0 aliphatic rings. The minimum atomic E-state index is -0.658. The van der Waals surface area contributed by atoms with Gasteiger partial charge in [-0.05, 0) is 24.3 Å². The van der Waals surface area contributed by atoms with Crippen LogP contribution in [0.4, 0.5) is 0 Å². The van der Waals surface area contributed by atoms with E-state index in [-0.39, 0.29) is 18.8 Å². The molecule has 0 spiro atoms. The molecule has 0 saturated carbocycles. The molecule has 0 unspecified atom stereocenters. The first-order valence-electron chi connectivity index (χ1n) is 8.09. The summed E-state index contributed by atoms with van der Waals surface area (Å²) in [7, 11) is 1.53. The summed E-state index contributed by atoms with van der Waals surface area (Å²) in [5.41, 5.74) is 0.939. The van der Waals surface area contributed by atoms with Crippen molar-refractivity contribution in [2.75, 3.05) is 26.9 Å². The smallest absolute Gasteiger partial charge is 0.342 e. The second-order valence-corrected chi connectivity index (χ2v) is 6.28. The highest BCUT2D eigenvalue weighted by Gasteiger charge is 2.15. The number of ether oxygens (including phenoxy) is 3. The standard InChI is InChI=1S/C19H19Cl2NO5/c1-25-9-8-22-18(23)12-27-19(24)15-4-2-3-5-17(15)26-11-13-6-7-14(20)10-16(13)21/h2-7,10H,8-9,11-12H2,1H3,(H,22,23). The van der Waals surface area contributed by atoms with E-state index in [0.717, 1.165) is 5.56 Å². The molecule has 0 heterocycles. The number of halogens is 2. The van der Waals surface area contributed by atoms with E-state index >= 15 is 0 Å². The molecule has 0 bridgehead atoms. The Kier molecular flexibility index (Phi) is 8.39. The fourth-order valence-electron chi connectivity index (χ4n) is 2.11. The third kappa shape index (κ3) is 6.75. The number of esters is 1. The maximum Gasteiger partial charge on any atom is 0.342 e. The lowest BCUT2D eigenvalue weighted by Gasteiger charge is -2.12. The third-order valence-corrected chi connectivity index (χ3v) is 4.05. The summed E-state index contributed by atoms with van der Waals surface area (Å²) in [6.07, 6.45) is 0. The monoisotopic (exact) mass is 411 g/mol. The van der Waals surface area contributed by atoms with Gasteiger partial charge in [0, 0.05) is 29.3 Å². The van der Waals surface area contributed by atoms with Crippen LogP contribution in [0.15, 0.2) is 42.5 Å². The van der Waals surface area contributed by atoms with E-state index in [1.807, 2.05) is 0 Å². The van der Waals surface area contributed by atoms with Crippen molar-refractivity contribution < 1.29 is 23.8 Å². The molecular formula is C19H19Cl2NO5. The van der Waals surface area contributed by atoms with Gasteiger partial charge in [-0.2, -0.15) is 0 Å². The van der Waals surface area contributed by atoms with Crippen LogP contribution in [0.25, 0.3) is 0 Å². The number of para-hydroxylation sites is 1. The van der Waals surface area contributed by atoms with Crippen molar-refractivity contribution in [3.05, 3.63) is 63.6 Å². The Morgan fingerprint density at radius 1 is 1.11 bits per heavy atom. The Hall–Kier alpha value is -2.28. The molecule has 0 saturated heterocycles. The first kappa shape index (κ1) is 21.0. The van der Waals surface area contributed by atoms with E-state index < -0.39 is 11.9 Å². The first-order chi connectivity index (χ1) is 13.0. The van der Waals surface area contributed by atoms with Gasteiger partial charge in [0.15, 0.2) is 6.61 Å². The summed E-state index contributed by atoms with van der Waals surface area (Å²) < 4.78 is 15.6. The van der Waals surface area contributed by atoms with Gasteiger partial charge in [-0.1, -0.05) is 41.4 Å². The molecular weight excluding hydrogens is 393 g/mol. The van der Waals surface area contributed by atoms with Crippen molar-refractivity contribution in [2.45, 2.75) is 6.61 Å². The summed E-state index contributed by atoms with van der Waals surface area (Å²) in [5.74, 6) is -0.741. The minimum absolute atomic E-state index is 0.151. The van der Waals surface area contributed by atoms with Crippen molar-refractivity contribution in [1.82, 2.24) is 5.32 Å². The minimum Gasteiger partial charge on any atom is -0.488 e. The van der Waals surface area contributed by atoms with Crippen LogP contribution in [0.3, 0.4) is 0 Å². The predicted molar refractivity (Wildman–Crippen MR) is 102 cm³/mol. The van der Waals surface area contributed by atoms with Crippen molar-refractivity contribution in [2.24, 2.45) is 0 Å². The predicted octanol–water partition coefficient (Wildman–Crippen LogP) is 3.49. The van der Waals surface area contributed by atoms with E-state index in [2.05, 4.69) is 5.32 Å². The van der Waals surface area contributed by atoms with Gasteiger partial charge < -0.3 is 19.5 Å². The SMILES string of the molecule is COCCNC(=O)COC(=O)c1ccccc1OCc1ccc(Cl)cc1Cl. The van der Waals surface area contributed by atoms with Gasteiger partial charge in [-0.15, -0.1) is 0 Å². The second-order valence-electron chi connectivity index (χ2n) is 5.44. The molecule has 144 valence electrons. The molecule has 2 aromatic carbocycles. The molecule has 1 amide bonds. The normalized spacial score (nSPS) is 10.3. The number of hydrogen-bond donors (Lipinski definition) is 1. The molecule has 0 atom stereocenters. The lowest BCUT2D eigenvalue weighted by molar-refractivity contribution is -0.124. The highest BCUT2D eigenvalue weighted by atomic mass is 35.5. The number of carbonyl (C=O) groups excluding carboxylic acids is 2. The average Bonchev–Trinajstić information content (AvgIpc) is 2.66. The fraction of sp³-hybridized carbons (Fsp3) is 0.263. The Labute approximate surface area is 167 Å². The summed E-state index contributed by atoms with van der Waals surface area (Å²) in [5, 5.41) is 3.56. The van der Waals surface area contributed by atoms with Crippen molar-refractivity contribution in [1.29, 1.82) is 0 Å². The Morgan fingerprint density at radius 2 is 1.89 bits per heavy atom. The van der Waals surface area contributed by atoms with Crippen LogP contribution in [0, 0.1) is 0 Å². The molecule has 0 aliphatic carbocycles. The zero-order valence-electron chi connectivity index (χ0n) is 14.7. The van der Waals surface area contributed by atoms with Gasteiger partial charge >= 0.3 is 5.97 Å². The molecule has 27 heavy (non-hydrogen) atoms. The summed E-state index contributed by atoms with van der Waals surface area (Å²) in [6.45, 7) is 0.482. The van der Waals surface area contributed by atoms with Crippen molar-refractivity contribution in [3.8, 4) is 5.75 Å². The van der Waals surface area contributed by atoms with E-state index in [1.165, 1.54) is 7.11 Å². The van der Waals surface area contributed by atoms with Gasteiger partial charge in [0.2, 0.25) is 0 Å². The fourth-order valence-corrected chi connectivity index (χ4v) is 2.57. The van der Waals surface area contributed by atoms with Gasteiger partial charge in [-0.25, -0.2) is 4.79 Å². The van der Waals surface area contributed by atoms with Gasteiger partial charge in [0.25, 0.3) is 5.91 Å². The Balaban J connectivity index is 1.96. The van der Waals surface area contributed by atoms with E-state index in [0.29, 0.717) is 28.9 Å². The number of rotatable bonds is 9. The number of carbonyl (C=O) groups is 2. The molecule has 0 aliphatic heterocycles. The zero-order valence-corrected chi connectivity index (χ0v) is 16.2. The number of amides is 1. The molecule has 0 aromatic heterocycles. The van der Waals surface area contributed by atoms with E-state index in [9.17, 15) is 9.59 Å². The van der Waals surface area contributed by atoms with Gasteiger partial charge in [0.1, 0.15) is 17.9 Å². The van der Waals surface area contributed by atoms with Gasteiger partial charge in [-0.3, -0.25) is 4.79 Å². The van der Waals surface area contributed by atoms with Crippen LogP contribution in [-0.4, -0.2) is 38.7 Å². The van der Waals surface area contributed by atoms with Gasteiger partial charge in [0.05, 0.1) is 6.61 Å². The Morgan fingerprint density at radius 3 is 2.63 bits per heavy atom. The largest absolute Gasteiger partial charge is 0.488 e. The van der Waals surface area contributed by atoms with E-state index in [4.69, 9.17) is 37.4 Å². The van der Waals surface area contributed by atoms with Crippen LogP contribution in [0.2, 0.25) is 10.0 Å². The topological polar surface area (TPSA) is 73.9 Å². The molecule has 1 N–H and O–H groups in total. The summed E-state index contributed by atoms with van der Waals surface area (Å²) in [6, 6.07) is 11.7. The summed E-state index contributed by atoms with van der Waals surface area (Å²) in [4.78, 5) is 23.9. The lowest BCUT2D eigenvalue weighted by atomic mass is 10.2. The molecule has 6 nitrogen and oxygen atoms in total. The third-order valence-electron chi connectivity index (χ3n) is 3.47.